The Kier molecular flexibility index (Phi) is 2.84. The molecule has 0 saturated carbocycles. The van der Waals surface area contributed by atoms with Crippen LogP contribution in [-0.4, -0.2) is 16.9 Å². The molecule has 0 bridgehead atoms. The van der Waals surface area contributed by atoms with Crippen LogP contribution in [0.4, 0.5) is 0 Å². The molecule has 0 fully saturated rings. The van der Waals surface area contributed by atoms with Crippen LogP contribution in [0.5, 0.6) is 0 Å². The molecule has 13 heavy (non-hydrogen) atoms. The summed E-state index contributed by atoms with van der Waals surface area (Å²) in [4.78, 5) is 21.7. The summed E-state index contributed by atoms with van der Waals surface area (Å²) >= 11 is 0. The van der Waals surface area contributed by atoms with Gasteiger partial charge in [0.2, 0.25) is 0 Å². The number of rotatable bonds is 4. The number of furan rings is 1. The van der Waals surface area contributed by atoms with Crippen LogP contribution in [0, 0.1) is 5.92 Å². The molecule has 4 nitrogen and oxygen atoms in total. The summed E-state index contributed by atoms with van der Waals surface area (Å²) in [7, 11) is 0. The molecule has 1 aromatic heterocycles. The number of ketones is 1. The van der Waals surface area contributed by atoms with Crippen LogP contribution in [0.1, 0.15) is 23.9 Å². The largest absolute Gasteiger partial charge is 0.481 e. The van der Waals surface area contributed by atoms with E-state index < -0.39 is 11.9 Å². The Morgan fingerprint density at radius 2 is 2.31 bits per heavy atom. The van der Waals surface area contributed by atoms with Crippen molar-refractivity contribution < 1.29 is 19.1 Å². The van der Waals surface area contributed by atoms with Crippen LogP contribution in [0.25, 0.3) is 0 Å². The summed E-state index contributed by atoms with van der Waals surface area (Å²) in [5, 5.41) is 8.55. The third-order valence-electron chi connectivity index (χ3n) is 1.71. The van der Waals surface area contributed by atoms with E-state index in [-0.39, 0.29) is 18.0 Å². The van der Waals surface area contributed by atoms with E-state index >= 15 is 0 Å². The van der Waals surface area contributed by atoms with Gasteiger partial charge in [-0.05, 0) is 12.1 Å². The lowest BCUT2D eigenvalue weighted by Gasteiger charge is -2.02. The second-order valence-corrected chi connectivity index (χ2v) is 2.84. The van der Waals surface area contributed by atoms with Gasteiger partial charge in [0.05, 0.1) is 12.2 Å². The third kappa shape index (κ3) is 2.43. The van der Waals surface area contributed by atoms with Crippen LogP contribution in [0.15, 0.2) is 22.8 Å². The molecule has 4 heteroatoms. The maximum absolute atomic E-state index is 11.3. The standard InChI is InChI=1S/C9H10O4/c1-6(9(11)12)5-7(10)8-3-2-4-13-8/h2-4,6H,5H2,1H3,(H,11,12). The average Bonchev–Trinajstić information content (AvgIpc) is 2.55. The number of hydrogen-bond acceptors (Lipinski definition) is 3. The molecule has 0 aliphatic carbocycles. The summed E-state index contributed by atoms with van der Waals surface area (Å²) in [6.07, 6.45) is 1.36. The summed E-state index contributed by atoms with van der Waals surface area (Å²) in [5.41, 5.74) is 0. The molecule has 1 heterocycles. The molecule has 1 N–H and O–H groups in total. The van der Waals surface area contributed by atoms with Crippen LogP contribution in [-0.2, 0) is 4.79 Å². The van der Waals surface area contributed by atoms with Gasteiger partial charge in [-0.15, -0.1) is 0 Å². The molecule has 0 radical (unpaired) electrons. The first-order chi connectivity index (χ1) is 6.11. The van der Waals surface area contributed by atoms with Crippen molar-refractivity contribution in [2.24, 2.45) is 5.92 Å². The lowest BCUT2D eigenvalue weighted by atomic mass is 10.0. The van der Waals surface area contributed by atoms with Crippen molar-refractivity contribution in [3.8, 4) is 0 Å². The quantitative estimate of drug-likeness (QED) is 0.717. The van der Waals surface area contributed by atoms with E-state index in [1.165, 1.54) is 19.3 Å². The number of carboxylic acids is 1. The normalized spacial score (nSPS) is 12.4. The first-order valence-corrected chi connectivity index (χ1v) is 3.90. The summed E-state index contributed by atoms with van der Waals surface area (Å²) < 4.78 is 4.83. The Morgan fingerprint density at radius 3 is 2.77 bits per heavy atom. The first-order valence-electron chi connectivity index (χ1n) is 3.90. The third-order valence-corrected chi connectivity index (χ3v) is 1.71. The van der Waals surface area contributed by atoms with Crippen molar-refractivity contribution in [1.29, 1.82) is 0 Å². The zero-order valence-corrected chi connectivity index (χ0v) is 7.19. The topological polar surface area (TPSA) is 67.5 Å². The van der Waals surface area contributed by atoms with Gasteiger partial charge >= 0.3 is 5.97 Å². The molecule has 1 aromatic rings. The molecular weight excluding hydrogens is 172 g/mol. The van der Waals surface area contributed by atoms with Gasteiger partial charge in [0, 0.05) is 6.42 Å². The van der Waals surface area contributed by atoms with Crippen molar-refractivity contribution in [1.82, 2.24) is 0 Å². The van der Waals surface area contributed by atoms with E-state index in [2.05, 4.69) is 0 Å². The van der Waals surface area contributed by atoms with Gasteiger partial charge in [-0.1, -0.05) is 6.92 Å². The zero-order chi connectivity index (χ0) is 9.84. The first kappa shape index (κ1) is 9.51. The van der Waals surface area contributed by atoms with Crippen molar-refractivity contribution in [3.05, 3.63) is 24.2 Å². The fraction of sp³-hybridized carbons (Fsp3) is 0.333. The minimum atomic E-state index is -0.972. The lowest BCUT2D eigenvalue weighted by Crippen LogP contribution is -2.14. The Hall–Kier alpha value is -1.58. The fourth-order valence-corrected chi connectivity index (χ4v) is 0.903. The van der Waals surface area contributed by atoms with E-state index in [0.717, 1.165) is 0 Å². The molecule has 0 aliphatic heterocycles. The predicted octanol–water partition coefficient (Wildman–Crippen LogP) is 1.57. The van der Waals surface area contributed by atoms with E-state index in [9.17, 15) is 9.59 Å². The predicted molar refractivity (Wildman–Crippen MR) is 44.5 cm³/mol. The maximum Gasteiger partial charge on any atom is 0.306 e. The van der Waals surface area contributed by atoms with E-state index in [4.69, 9.17) is 9.52 Å². The Labute approximate surface area is 75.2 Å². The molecule has 0 amide bonds. The zero-order valence-electron chi connectivity index (χ0n) is 7.19. The van der Waals surface area contributed by atoms with E-state index in [1.54, 1.807) is 6.07 Å². The van der Waals surface area contributed by atoms with Gasteiger partial charge in [0.1, 0.15) is 0 Å². The Morgan fingerprint density at radius 1 is 1.62 bits per heavy atom. The molecule has 0 aromatic carbocycles. The molecule has 70 valence electrons. The molecule has 0 spiro atoms. The highest BCUT2D eigenvalue weighted by Crippen LogP contribution is 2.10. The molecule has 1 unspecified atom stereocenters. The van der Waals surface area contributed by atoms with Crippen molar-refractivity contribution in [2.75, 3.05) is 0 Å². The smallest absolute Gasteiger partial charge is 0.306 e. The van der Waals surface area contributed by atoms with Crippen LogP contribution in [0.3, 0.4) is 0 Å². The molecule has 0 aliphatic rings. The van der Waals surface area contributed by atoms with Crippen molar-refractivity contribution >= 4 is 11.8 Å². The van der Waals surface area contributed by atoms with E-state index in [0.29, 0.717) is 0 Å². The van der Waals surface area contributed by atoms with Gasteiger partial charge in [0.15, 0.2) is 11.5 Å². The Balaban J connectivity index is 2.56. The van der Waals surface area contributed by atoms with Crippen molar-refractivity contribution in [2.45, 2.75) is 13.3 Å². The number of carbonyl (C=O) groups excluding carboxylic acids is 1. The van der Waals surface area contributed by atoms with Gasteiger partial charge in [-0.25, -0.2) is 0 Å². The maximum atomic E-state index is 11.3. The monoisotopic (exact) mass is 182 g/mol. The van der Waals surface area contributed by atoms with Crippen LogP contribution in [0.2, 0.25) is 0 Å². The molecule has 1 rings (SSSR count). The highest BCUT2D eigenvalue weighted by molar-refractivity contribution is 5.95. The SMILES string of the molecule is CC(CC(=O)c1ccco1)C(=O)O. The fourth-order valence-electron chi connectivity index (χ4n) is 0.903. The number of hydrogen-bond donors (Lipinski definition) is 1. The van der Waals surface area contributed by atoms with Gasteiger partial charge < -0.3 is 9.52 Å². The van der Waals surface area contributed by atoms with Crippen LogP contribution >= 0.6 is 0 Å². The number of carboxylic acid groups (broad SMARTS) is 1. The summed E-state index contributed by atoms with van der Waals surface area (Å²) in [6.45, 7) is 1.49. The Bertz CT molecular complexity index is 299. The minimum Gasteiger partial charge on any atom is -0.481 e. The number of Topliss-reactive ketones (excluding diaryl/α,β-unsaturated/α-hetero) is 1. The molecule has 1 atom stereocenters. The highest BCUT2D eigenvalue weighted by Gasteiger charge is 2.18. The van der Waals surface area contributed by atoms with E-state index in [1.807, 2.05) is 0 Å². The van der Waals surface area contributed by atoms with Gasteiger partial charge in [0.25, 0.3) is 0 Å². The number of aliphatic carboxylic acids is 1. The minimum absolute atomic E-state index is 0.0250. The summed E-state index contributed by atoms with van der Waals surface area (Å²) in [5.74, 6) is -1.70. The second-order valence-electron chi connectivity index (χ2n) is 2.84. The highest BCUT2D eigenvalue weighted by atomic mass is 16.4. The van der Waals surface area contributed by atoms with Crippen LogP contribution < -0.4 is 0 Å². The molecule has 0 saturated heterocycles. The van der Waals surface area contributed by atoms with Gasteiger partial charge in [-0.2, -0.15) is 0 Å². The number of carbonyl (C=O) groups is 2. The van der Waals surface area contributed by atoms with Gasteiger partial charge in [-0.3, -0.25) is 9.59 Å². The average molecular weight is 182 g/mol. The molecular formula is C9H10O4. The second kappa shape index (κ2) is 3.89. The summed E-state index contributed by atoms with van der Waals surface area (Å²) in [6, 6.07) is 3.12. The van der Waals surface area contributed by atoms with Crippen molar-refractivity contribution in [3.63, 3.8) is 0 Å². The lowest BCUT2D eigenvalue weighted by molar-refractivity contribution is -0.141.